The number of rotatable bonds is 19. The number of anilines is 1. The lowest BCUT2D eigenvalue weighted by Crippen LogP contribution is -2.39. The highest BCUT2D eigenvalue weighted by atomic mass is 32.2. The zero-order valence-electron chi connectivity index (χ0n) is 23.7. The Hall–Kier alpha value is -1.61. The average molecular weight is 537 g/mol. The second-order valence-electron chi connectivity index (χ2n) is 10.0. The number of aliphatic imine (C=N–C) groups is 1. The highest BCUT2D eigenvalue weighted by molar-refractivity contribution is 7.98. The lowest BCUT2D eigenvalue weighted by atomic mass is 10.00. The first-order valence-electron chi connectivity index (χ1n) is 13.9. The topological polar surface area (TPSA) is 66.9 Å². The van der Waals surface area contributed by atoms with E-state index in [0.29, 0.717) is 23.5 Å². The van der Waals surface area contributed by atoms with Crippen molar-refractivity contribution in [2.24, 2.45) is 10.9 Å². The second-order valence-corrected chi connectivity index (χ2v) is 10.9. The Kier molecular flexibility index (Phi) is 15.2. The van der Waals surface area contributed by atoms with Crippen molar-refractivity contribution < 1.29 is 13.9 Å². The van der Waals surface area contributed by atoms with Crippen molar-refractivity contribution in [3.63, 3.8) is 0 Å². The van der Waals surface area contributed by atoms with Crippen molar-refractivity contribution in [1.82, 2.24) is 10.6 Å². The van der Waals surface area contributed by atoms with Crippen LogP contribution in [0.4, 0.5) is 10.1 Å². The Morgan fingerprint density at radius 2 is 2.00 bits per heavy atom. The minimum absolute atomic E-state index is 0.0447. The lowest BCUT2D eigenvalue weighted by Gasteiger charge is -2.30. The lowest BCUT2D eigenvalue weighted by molar-refractivity contribution is -0.00331. The van der Waals surface area contributed by atoms with Crippen LogP contribution < -0.4 is 16.0 Å². The molecule has 1 aliphatic rings. The molecule has 3 N–H and O–H groups in total. The predicted molar refractivity (Wildman–Crippen MR) is 156 cm³/mol. The molecule has 2 rings (SSSR count). The first-order chi connectivity index (χ1) is 17.9. The van der Waals surface area contributed by atoms with Crippen LogP contribution in [0.15, 0.2) is 39.5 Å². The second kappa shape index (κ2) is 17.8. The molecule has 0 amide bonds. The molecule has 1 aromatic carbocycles. The van der Waals surface area contributed by atoms with Crippen molar-refractivity contribution in [1.29, 1.82) is 0 Å². The standard InChI is InChI=1S/C29H49FN4O2S/c1-7-9-10-11-12-21(3)19-31-23(15-16-35-5)17-24(8-2)36-29-22(4)28(32-20-33-29)34-27-14-13-25(37-6)18-26(27)30/h13-14,18,20-21,23-24,29,31,34H,7-12,15-17,19H2,1-6H3,(H,32,33)/t21?,23-,24?,29?/m0/s1. The minimum Gasteiger partial charge on any atom is -0.385 e. The number of benzene rings is 1. The maximum Gasteiger partial charge on any atom is 0.175 e. The predicted octanol–water partition coefficient (Wildman–Crippen LogP) is 6.94. The molecule has 1 aromatic rings. The molecular weight excluding hydrogens is 487 g/mol. The van der Waals surface area contributed by atoms with Crippen LogP contribution in [0.2, 0.25) is 0 Å². The first kappa shape index (κ1) is 31.6. The summed E-state index contributed by atoms with van der Waals surface area (Å²) in [5, 5.41) is 10.1. The smallest absolute Gasteiger partial charge is 0.175 e. The molecule has 0 aliphatic carbocycles. The van der Waals surface area contributed by atoms with Crippen LogP contribution in [0, 0.1) is 11.7 Å². The van der Waals surface area contributed by atoms with Gasteiger partial charge in [-0.3, -0.25) is 0 Å². The molecule has 0 spiro atoms. The van der Waals surface area contributed by atoms with Crippen LogP contribution in [0.25, 0.3) is 0 Å². The summed E-state index contributed by atoms with van der Waals surface area (Å²) >= 11 is 1.52. The zero-order chi connectivity index (χ0) is 27.0. The third-order valence-electron chi connectivity index (χ3n) is 6.92. The van der Waals surface area contributed by atoms with Crippen molar-refractivity contribution in [2.45, 2.75) is 102 Å². The van der Waals surface area contributed by atoms with E-state index >= 15 is 0 Å². The summed E-state index contributed by atoms with van der Waals surface area (Å²) in [5.74, 6) is 1.07. The van der Waals surface area contributed by atoms with E-state index < -0.39 is 6.23 Å². The van der Waals surface area contributed by atoms with Crippen LogP contribution >= 0.6 is 11.8 Å². The molecule has 1 heterocycles. The van der Waals surface area contributed by atoms with Gasteiger partial charge in [0, 0.05) is 30.2 Å². The van der Waals surface area contributed by atoms with E-state index in [4.69, 9.17) is 9.47 Å². The Morgan fingerprint density at radius 3 is 2.68 bits per heavy atom. The Morgan fingerprint density at radius 1 is 1.19 bits per heavy atom. The van der Waals surface area contributed by atoms with Gasteiger partial charge in [-0.1, -0.05) is 46.5 Å². The summed E-state index contributed by atoms with van der Waals surface area (Å²) in [5.41, 5.74) is 1.32. The molecule has 6 nitrogen and oxygen atoms in total. The van der Waals surface area contributed by atoms with E-state index in [1.54, 1.807) is 25.6 Å². The van der Waals surface area contributed by atoms with Crippen molar-refractivity contribution in [3.8, 4) is 0 Å². The summed E-state index contributed by atoms with van der Waals surface area (Å²) in [7, 11) is 1.76. The zero-order valence-corrected chi connectivity index (χ0v) is 24.6. The maximum atomic E-state index is 14.6. The normalized spacial score (nSPS) is 18.0. The number of methoxy groups -OCH3 is 1. The number of hydrogen-bond donors (Lipinski definition) is 3. The monoisotopic (exact) mass is 536 g/mol. The number of unbranched alkanes of at least 4 members (excludes halogenated alkanes) is 3. The number of nitrogens with zero attached hydrogens (tertiary/aromatic N) is 1. The van der Waals surface area contributed by atoms with Crippen LogP contribution in [-0.2, 0) is 9.47 Å². The fourth-order valence-electron chi connectivity index (χ4n) is 4.42. The van der Waals surface area contributed by atoms with Gasteiger partial charge in [0.2, 0.25) is 0 Å². The first-order valence-corrected chi connectivity index (χ1v) is 15.1. The molecule has 0 radical (unpaired) electrons. The largest absolute Gasteiger partial charge is 0.385 e. The fraction of sp³-hybridized carbons (Fsp3) is 0.690. The van der Waals surface area contributed by atoms with Gasteiger partial charge in [0.1, 0.15) is 11.6 Å². The van der Waals surface area contributed by atoms with Crippen LogP contribution in [-0.4, -0.2) is 51.2 Å². The van der Waals surface area contributed by atoms with Gasteiger partial charge in [-0.15, -0.1) is 11.8 Å². The van der Waals surface area contributed by atoms with E-state index in [9.17, 15) is 4.39 Å². The van der Waals surface area contributed by atoms with E-state index in [0.717, 1.165) is 42.9 Å². The number of nitrogens with one attached hydrogen (secondary N) is 3. The summed E-state index contributed by atoms with van der Waals surface area (Å²) in [4.78, 5) is 5.42. The SMILES string of the molecule is CCCCCCC(C)CN[C@@H](CCOC)CC(CC)OC1N=CNC(Nc2ccc(SC)cc2F)=C1C. The Bertz CT molecular complexity index is 851. The average Bonchev–Trinajstić information content (AvgIpc) is 2.90. The molecule has 1 aliphatic heterocycles. The van der Waals surface area contributed by atoms with Gasteiger partial charge < -0.3 is 25.4 Å². The molecule has 0 fully saturated rings. The van der Waals surface area contributed by atoms with Crippen LogP contribution in [0.5, 0.6) is 0 Å². The molecule has 0 aromatic heterocycles. The molecule has 0 bridgehead atoms. The van der Waals surface area contributed by atoms with E-state index in [1.807, 2.05) is 19.2 Å². The summed E-state index contributed by atoms with van der Waals surface area (Å²) in [6.07, 6.45) is 12.4. The van der Waals surface area contributed by atoms with Gasteiger partial charge in [-0.25, -0.2) is 9.38 Å². The molecule has 0 saturated heterocycles. The molecule has 4 atom stereocenters. The highest BCUT2D eigenvalue weighted by Gasteiger charge is 2.24. The van der Waals surface area contributed by atoms with Crippen molar-refractivity contribution in [3.05, 3.63) is 35.4 Å². The Balaban J connectivity index is 1.97. The summed E-state index contributed by atoms with van der Waals surface area (Å²) < 4.78 is 26.4. The fourth-order valence-corrected chi connectivity index (χ4v) is 4.85. The molecule has 37 heavy (non-hydrogen) atoms. The van der Waals surface area contributed by atoms with Gasteiger partial charge >= 0.3 is 0 Å². The van der Waals surface area contributed by atoms with Crippen molar-refractivity contribution in [2.75, 3.05) is 31.8 Å². The Labute approximate surface area is 228 Å². The highest BCUT2D eigenvalue weighted by Crippen LogP contribution is 2.25. The summed E-state index contributed by atoms with van der Waals surface area (Å²) in [6, 6.07) is 5.53. The van der Waals surface area contributed by atoms with Gasteiger partial charge in [-0.2, -0.15) is 0 Å². The van der Waals surface area contributed by atoms with E-state index in [-0.39, 0.29) is 11.9 Å². The maximum absolute atomic E-state index is 14.6. The molecule has 8 heteroatoms. The third kappa shape index (κ3) is 11.3. The molecule has 0 saturated carbocycles. The van der Waals surface area contributed by atoms with E-state index in [1.165, 1.54) is 43.9 Å². The number of thioether (sulfide) groups is 1. The number of hydrogen-bond acceptors (Lipinski definition) is 7. The molecule has 210 valence electrons. The number of halogens is 1. The quantitative estimate of drug-likeness (QED) is 0.132. The van der Waals surface area contributed by atoms with Crippen LogP contribution in [0.3, 0.4) is 0 Å². The van der Waals surface area contributed by atoms with Gasteiger partial charge in [0.15, 0.2) is 6.23 Å². The number of ether oxygens (including phenoxy) is 2. The van der Waals surface area contributed by atoms with Gasteiger partial charge in [-0.05, 0) is 69.5 Å². The summed E-state index contributed by atoms with van der Waals surface area (Å²) in [6.45, 7) is 10.4. The van der Waals surface area contributed by atoms with Crippen LogP contribution in [0.1, 0.15) is 79.1 Å². The van der Waals surface area contributed by atoms with E-state index in [2.05, 4.69) is 41.7 Å². The molecular formula is C29H49FN4O2S. The minimum atomic E-state index is -0.414. The van der Waals surface area contributed by atoms with Crippen molar-refractivity contribution >= 4 is 23.8 Å². The van der Waals surface area contributed by atoms with Gasteiger partial charge in [0.25, 0.3) is 0 Å². The third-order valence-corrected chi connectivity index (χ3v) is 7.64. The van der Waals surface area contributed by atoms with Gasteiger partial charge in [0.05, 0.1) is 18.1 Å². The molecule has 3 unspecified atom stereocenters.